The highest BCUT2D eigenvalue weighted by Crippen LogP contribution is 2.21. The number of aromatic nitrogens is 4. The van der Waals surface area contributed by atoms with Gasteiger partial charge in [0.25, 0.3) is 0 Å². The van der Waals surface area contributed by atoms with Crippen LogP contribution >= 0.6 is 0 Å². The lowest BCUT2D eigenvalue weighted by Crippen LogP contribution is -2.12. The van der Waals surface area contributed by atoms with Gasteiger partial charge in [0.2, 0.25) is 5.82 Å². The van der Waals surface area contributed by atoms with E-state index >= 15 is 0 Å². The lowest BCUT2D eigenvalue weighted by molar-refractivity contribution is 0.390. The molecule has 0 bridgehead atoms. The van der Waals surface area contributed by atoms with Crippen molar-refractivity contribution in [2.75, 3.05) is 11.9 Å². The third-order valence-corrected chi connectivity index (χ3v) is 2.67. The molecule has 1 aromatic heterocycles. The van der Waals surface area contributed by atoms with Gasteiger partial charge in [-0.2, -0.15) is 5.21 Å². The van der Waals surface area contributed by atoms with Crippen LogP contribution in [-0.4, -0.2) is 27.2 Å². The van der Waals surface area contributed by atoms with Gasteiger partial charge in [-0.3, -0.25) is 0 Å². The van der Waals surface area contributed by atoms with E-state index in [-0.39, 0.29) is 0 Å². The Morgan fingerprint density at radius 1 is 1.28 bits per heavy atom. The largest absolute Gasteiger partial charge is 0.385 e. The molecule has 18 heavy (non-hydrogen) atoms. The van der Waals surface area contributed by atoms with Gasteiger partial charge < -0.3 is 5.32 Å². The smallest absolute Gasteiger partial charge is 0.204 e. The molecule has 0 radical (unpaired) electrons. The molecule has 0 aliphatic carbocycles. The zero-order valence-electron chi connectivity index (χ0n) is 11.1. The van der Waals surface area contributed by atoms with E-state index in [1.165, 1.54) is 0 Å². The third-order valence-electron chi connectivity index (χ3n) is 2.67. The molecule has 0 saturated carbocycles. The van der Waals surface area contributed by atoms with Gasteiger partial charge >= 0.3 is 0 Å². The second-order valence-electron chi connectivity index (χ2n) is 5.55. The average molecular weight is 245 g/mol. The van der Waals surface area contributed by atoms with Crippen LogP contribution in [0.4, 0.5) is 5.69 Å². The first-order valence-corrected chi connectivity index (χ1v) is 6.12. The van der Waals surface area contributed by atoms with Crippen LogP contribution in [0.2, 0.25) is 0 Å². The predicted molar refractivity (Wildman–Crippen MR) is 72.2 cm³/mol. The minimum Gasteiger partial charge on any atom is -0.385 e. The SMILES string of the molecule is CC(C)(C)CCNc1cccc(-c2nn[nH]n2)c1. The summed E-state index contributed by atoms with van der Waals surface area (Å²) in [6.45, 7) is 7.68. The highest BCUT2D eigenvalue weighted by molar-refractivity contribution is 5.61. The summed E-state index contributed by atoms with van der Waals surface area (Å²) in [5.74, 6) is 0.620. The van der Waals surface area contributed by atoms with Gasteiger partial charge in [0.15, 0.2) is 0 Å². The molecule has 1 heterocycles. The topological polar surface area (TPSA) is 66.5 Å². The van der Waals surface area contributed by atoms with E-state index in [1.807, 2.05) is 24.3 Å². The normalized spacial score (nSPS) is 11.5. The molecule has 1 aromatic carbocycles. The molecule has 0 aliphatic heterocycles. The number of hydrogen-bond acceptors (Lipinski definition) is 4. The Bertz CT molecular complexity index is 484. The molecule has 0 spiro atoms. The number of nitrogens with one attached hydrogen (secondary N) is 2. The van der Waals surface area contributed by atoms with Crippen LogP contribution in [0.1, 0.15) is 27.2 Å². The Hall–Kier alpha value is -1.91. The fraction of sp³-hybridized carbons (Fsp3) is 0.462. The van der Waals surface area contributed by atoms with E-state index in [2.05, 4.69) is 46.7 Å². The lowest BCUT2D eigenvalue weighted by Gasteiger charge is -2.18. The minimum absolute atomic E-state index is 0.346. The number of hydrogen-bond donors (Lipinski definition) is 2. The molecule has 2 N–H and O–H groups in total. The summed E-state index contributed by atoms with van der Waals surface area (Å²) in [5, 5.41) is 17.4. The number of anilines is 1. The van der Waals surface area contributed by atoms with Crippen molar-refractivity contribution in [2.24, 2.45) is 5.41 Å². The van der Waals surface area contributed by atoms with E-state index in [9.17, 15) is 0 Å². The molecule has 5 nitrogen and oxygen atoms in total. The van der Waals surface area contributed by atoms with E-state index in [1.54, 1.807) is 0 Å². The van der Waals surface area contributed by atoms with Crippen molar-refractivity contribution in [3.63, 3.8) is 0 Å². The summed E-state index contributed by atoms with van der Waals surface area (Å²) in [6, 6.07) is 8.05. The maximum Gasteiger partial charge on any atom is 0.204 e. The Kier molecular flexibility index (Phi) is 3.60. The maximum atomic E-state index is 3.97. The number of aromatic amines is 1. The monoisotopic (exact) mass is 245 g/mol. The van der Waals surface area contributed by atoms with E-state index in [0.717, 1.165) is 24.2 Å². The predicted octanol–water partition coefficient (Wildman–Crippen LogP) is 2.71. The van der Waals surface area contributed by atoms with Crippen molar-refractivity contribution in [1.29, 1.82) is 0 Å². The van der Waals surface area contributed by atoms with Crippen molar-refractivity contribution in [2.45, 2.75) is 27.2 Å². The molecule has 96 valence electrons. The molecule has 2 aromatic rings. The zero-order chi connectivity index (χ0) is 13.0. The van der Waals surface area contributed by atoms with E-state index < -0.39 is 0 Å². The van der Waals surface area contributed by atoms with Crippen LogP contribution in [0.25, 0.3) is 11.4 Å². The fourth-order valence-electron chi connectivity index (χ4n) is 1.63. The molecule has 0 unspecified atom stereocenters. The van der Waals surface area contributed by atoms with Crippen LogP contribution in [0.15, 0.2) is 24.3 Å². The molecular formula is C13H19N5. The van der Waals surface area contributed by atoms with Gasteiger partial charge in [0.1, 0.15) is 0 Å². The second-order valence-corrected chi connectivity index (χ2v) is 5.55. The lowest BCUT2D eigenvalue weighted by atomic mass is 9.92. The molecule has 0 aliphatic rings. The number of tetrazole rings is 1. The number of benzene rings is 1. The number of H-pyrrole nitrogens is 1. The molecular weight excluding hydrogens is 226 g/mol. The first-order chi connectivity index (χ1) is 8.54. The Balaban J connectivity index is 2.00. The summed E-state index contributed by atoms with van der Waals surface area (Å²) in [5.41, 5.74) is 2.39. The van der Waals surface area contributed by atoms with Gasteiger partial charge in [-0.15, -0.1) is 10.2 Å². The van der Waals surface area contributed by atoms with Crippen LogP contribution in [0, 0.1) is 5.41 Å². The molecule has 2 rings (SSSR count). The standard InChI is InChI=1S/C13H19N5/c1-13(2,3)7-8-14-11-6-4-5-10(9-11)12-15-17-18-16-12/h4-6,9,14H,7-8H2,1-3H3,(H,15,16,17,18). The van der Waals surface area contributed by atoms with E-state index in [4.69, 9.17) is 0 Å². The van der Waals surface area contributed by atoms with Crippen molar-refractivity contribution >= 4 is 5.69 Å². The van der Waals surface area contributed by atoms with Crippen molar-refractivity contribution in [3.8, 4) is 11.4 Å². The summed E-state index contributed by atoms with van der Waals surface area (Å²) < 4.78 is 0. The van der Waals surface area contributed by atoms with Crippen molar-refractivity contribution in [3.05, 3.63) is 24.3 Å². The fourth-order valence-corrected chi connectivity index (χ4v) is 1.63. The number of nitrogens with zero attached hydrogens (tertiary/aromatic N) is 3. The van der Waals surface area contributed by atoms with Gasteiger partial charge in [-0.05, 0) is 29.2 Å². The molecule has 0 atom stereocenters. The Morgan fingerprint density at radius 3 is 2.78 bits per heavy atom. The van der Waals surface area contributed by atoms with Gasteiger partial charge in [0, 0.05) is 17.8 Å². The average Bonchev–Trinajstić information content (AvgIpc) is 2.81. The quantitative estimate of drug-likeness (QED) is 0.869. The van der Waals surface area contributed by atoms with Crippen LogP contribution in [0.5, 0.6) is 0 Å². The summed E-state index contributed by atoms with van der Waals surface area (Å²) in [6.07, 6.45) is 1.12. The second kappa shape index (κ2) is 5.16. The highest BCUT2D eigenvalue weighted by atomic mass is 15.5. The maximum absolute atomic E-state index is 3.97. The molecule has 0 fully saturated rings. The van der Waals surface area contributed by atoms with Gasteiger partial charge in [0.05, 0.1) is 0 Å². The zero-order valence-corrected chi connectivity index (χ0v) is 11.1. The molecule has 5 heteroatoms. The minimum atomic E-state index is 0.346. The highest BCUT2D eigenvalue weighted by Gasteiger charge is 2.09. The Labute approximate surface area is 107 Å². The van der Waals surface area contributed by atoms with E-state index in [0.29, 0.717) is 11.2 Å². The van der Waals surface area contributed by atoms with Crippen molar-refractivity contribution < 1.29 is 0 Å². The van der Waals surface area contributed by atoms with Gasteiger partial charge in [-0.1, -0.05) is 32.9 Å². The summed E-state index contributed by atoms with van der Waals surface area (Å²) in [7, 11) is 0. The first kappa shape index (κ1) is 12.5. The summed E-state index contributed by atoms with van der Waals surface area (Å²) >= 11 is 0. The molecule has 0 amide bonds. The first-order valence-electron chi connectivity index (χ1n) is 6.12. The summed E-state index contributed by atoms with van der Waals surface area (Å²) in [4.78, 5) is 0. The van der Waals surface area contributed by atoms with Crippen LogP contribution in [-0.2, 0) is 0 Å². The van der Waals surface area contributed by atoms with Crippen LogP contribution < -0.4 is 5.32 Å². The van der Waals surface area contributed by atoms with Crippen molar-refractivity contribution in [1.82, 2.24) is 20.6 Å². The van der Waals surface area contributed by atoms with Crippen LogP contribution in [0.3, 0.4) is 0 Å². The molecule has 0 saturated heterocycles. The third kappa shape index (κ3) is 3.55. The Morgan fingerprint density at radius 2 is 2.11 bits per heavy atom. The van der Waals surface area contributed by atoms with Gasteiger partial charge in [-0.25, -0.2) is 0 Å². The number of rotatable bonds is 4.